The van der Waals surface area contributed by atoms with E-state index in [2.05, 4.69) is 5.32 Å². The lowest BCUT2D eigenvalue weighted by molar-refractivity contribution is -0.138. The van der Waals surface area contributed by atoms with Gasteiger partial charge in [-0.1, -0.05) is 12.8 Å². The van der Waals surface area contributed by atoms with Crippen molar-refractivity contribution in [3.05, 3.63) is 0 Å². The summed E-state index contributed by atoms with van der Waals surface area (Å²) >= 11 is 0. The number of hydrogen-bond acceptors (Lipinski definition) is 3. The Morgan fingerprint density at radius 3 is 2.52 bits per heavy atom. The number of amides is 2. The van der Waals surface area contributed by atoms with E-state index < -0.39 is 5.97 Å². The van der Waals surface area contributed by atoms with Gasteiger partial charge in [0.1, 0.15) is 6.54 Å². The predicted molar refractivity (Wildman–Crippen MR) is 78.2 cm³/mol. The number of urea groups is 1. The van der Waals surface area contributed by atoms with Gasteiger partial charge in [-0.2, -0.15) is 0 Å². The van der Waals surface area contributed by atoms with Crippen molar-refractivity contribution in [1.82, 2.24) is 10.2 Å². The van der Waals surface area contributed by atoms with Gasteiger partial charge in [0.05, 0.1) is 0 Å². The molecule has 0 spiro atoms. The van der Waals surface area contributed by atoms with Gasteiger partial charge in [0.25, 0.3) is 0 Å². The van der Waals surface area contributed by atoms with E-state index in [1.807, 2.05) is 0 Å². The zero-order valence-electron chi connectivity index (χ0n) is 12.6. The maximum absolute atomic E-state index is 12.1. The maximum Gasteiger partial charge on any atom is 0.323 e. The number of ether oxygens (including phenoxy) is 1. The standard InChI is InChI=1S/C15H26N2O4/c18-14(19)10-17(13-4-1-2-5-13)15(20)16-8-3-9-21-11-12-6-7-12/h12-13H,1-11H2,(H,16,20)(H,18,19). The molecule has 0 radical (unpaired) electrons. The van der Waals surface area contributed by atoms with Gasteiger partial charge in [0, 0.05) is 25.8 Å². The van der Waals surface area contributed by atoms with Crippen molar-refractivity contribution in [2.45, 2.75) is 51.0 Å². The smallest absolute Gasteiger partial charge is 0.323 e. The van der Waals surface area contributed by atoms with Crippen molar-refractivity contribution < 1.29 is 19.4 Å². The SMILES string of the molecule is O=C(O)CN(C(=O)NCCCOCC1CC1)C1CCCC1. The lowest BCUT2D eigenvalue weighted by Gasteiger charge is -2.27. The topological polar surface area (TPSA) is 78.9 Å². The minimum absolute atomic E-state index is 0.0761. The van der Waals surface area contributed by atoms with E-state index in [1.54, 1.807) is 0 Å². The summed E-state index contributed by atoms with van der Waals surface area (Å²) in [5, 5.41) is 11.8. The van der Waals surface area contributed by atoms with Gasteiger partial charge >= 0.3 is 12.0 Å². The van der Waals surface area contributed by atoms with E-state index >= 15 is 0 Å². The van der Waals surface area contributed by atoms with Gasteiger partial charge in [-0.3, -0.25) is 4.79 Å². The van der Waals surface area contributed by atoms with Crippen LogP contribution >= 0.6 is 0 Å². The normalized spacial score (nSPS) is 18.7. The van der Waals surface area contributed by atoms with E-state index in [-0.39, 0.29) is 18.6 Å². The molecule has 21 heavy (non-hydrogen) atoms. The zero-order valence-corrected chi connectivity index (χ0v) is 12.6. The highest BCUT2D eigenvalue weighted by molar-refractivity contribution is 5.80. The molecule has 0 bridgehead atoms. The Balaban J connectivity index is 1.63. The second-order valence-corrected chi connectivity index (χ2v) is 6.06. The molecule has 2 N–H and O–H groups in total. The number of nitrogens with one attached hydrogen (secondary N) is 1. The molecule has 0 atom stereocenters. The second-order valence-electron chi connectivity index (χ2n) is 6.06. The molecule has 0 aromatic heterocycles. The molecular weight excluding hydrogens is 272 g/mol. The summed E-state index contributed by atoms with van der Waals surface area (Å²) in [7, 11) is 0. The number of carboxylic acids is 1. The van der Waals surface area contributed by atoms with Crippen LogP contribution in [-0.4, -0.2) is 54.4 Å². The summed E-state index contributed by atoms with van der Waals surface area (Å²) in [6, 6.07) is -0.182. The lowest BCUT2D eigenvalue weighted by atomic mass is 10.2. The molecule has 6 nitrogen and oxygen atoms in total. The Morgan fingerprint density at radius 2 is 1.90 bits per heavy atom. The van der Waals surface area contributed by atoms with E-state index in [4.69, 9.17) is 9.84 Å². The van der Waals surface area contributed by atoms with Crippen LogP contribution in [0, 0.1) is 5.92 Å². The number of carboxylic acid groups (broad SMARTS) is 1. The summed E-state index contributed by atoms with van der Waals surface area (Å²) in [5.41, 5.74) is 0. The molecule has 0 unspecified atom stereocenters. The van der Waals surface area contributed by atoms with Crippen molar-refractivity contribution >= 4 is 12.0 Å². The van der Waals surface area contributed by atoms with Crippen LogP contribution < -0.4 is 5.32 Å². The van der Waals surface area contributed by atoms with E-state index in [1.165, 1.54) is 17.7 Å². The highest BCUT2D eigenvalue weighted by Crippen LogP contribution is 2.28. The van der Waals surface area contributed by atoms with Crippen molar-refractivity contribution in [1.29, 1.82) is 0 Å². The number of nitrogens with zero attached hydrogens (tertiary/aromatic N) is 1. The van der Waals surface area contributed by atoms with Crippen molar-refractivity contribution in [2.24, 2.45) is 5.92 Å². The number of rotatable bonds is 9. The van der Waals surface area contributed by atoms with Crippen LogP contribution in [0.1, 0.15) is 44.9 Å². The average Bonchev–Trinajstić information content (AvgIpc) is 3.11. The third kappa shape index (κ3) is 5.91. The largest absolute Gasteiger partial charge is 0.480 e. The number of hydrogen-bond donors (Lipinski definition) is 2. The van der Waals surface area contributed by atoms with E-state index in [9.17, 15) is 9.59 Å². The molecule has 0 saturated heterocycles. The van der Waals surface area contributed by atoms with E-state index in [0.717, 1.165) is 44.6 Å². The summed E-state index contributed by atoms with van der Waals surface area (Å²) in [4.78, 5) is 24.5. The molecule has 0 aromatic rings. The molecule has 2 saturated carbocycles. The zero-order chi connectivity index (χ0) is 15.1. The van der Waals surface area contributed by atoms with Gasteiger partial charge in [-0.15, -0.1) is 0 Å². The molecular formula is C15H26N2O4. The van der Waals surface area contributed by atoms with E-state index in [0.29, 0.717) is 13.2 Å². The van der Waals surface area contributed by atoms with Crippen LogP contribution in [0.5, 0.6) is 0 Å². The average molecular weight is 298 g/mol. The first-order valence-corrected chi connectivity index (χ1v) is 8.01. The maximum atomic E-state index is 12.1. The fraction of sp³-hybridized carbons (Fsp3) is 0.867. The van der Waals surface area contributed by atoms with Gasteiger partial charge in [-0.05, 0) is 38.0 Å². The summed E-state index contributed by atoms with van der Waals surface area (Å²) < 4.78 is 5.51. The van der Waals surface area contributed by atoms with Gasteiger partial charge in [-0.25, -0.2) is 4.79 Å². The lowest BCUT2D eigenvalue weighted by Crippen LogP contribution is -2.47. The first-order chi connectivity index (χ1) is 10.2. The Morgan fingerprint density at radius 1 is 1.19 bits per heavy atom. The van der Waals surface area contributed by atoms with Crippen LogP contribution in [0.4, 0.5) is 4.79 Å². The molecule has 0 aromatic carbocycles. The third-order valence-electron chi connectivity index (χ3n) is 4.12. The molecule has 6 heteroatoms. The van der Waals surface area contributed by atoms with Gasteiger partial charge < -0.3 is 20.1 Å². The van der Waals surface area contributed by atoms with Crippen molar-refractivity contribution in [3.63, 3.8) is 0 Å². The summed E-state index contributed by atoms with van der Waals surface area (Å²) in [6.07, 6.45) is 7.29. The van der Waals surface area contributed by atoms with Crippen LogP contribution in [0.3, 0.4) is 0 Å². The monoisotopic (exact) mass is 298 g/mol. The molecule has 0 heterocycles. The van der Waals surface area contributed by atoms with Gasteiger partial charge in [0.15, 0.2) is 0 Å². The summed E-state index contributed by atoms with van der Waals surface area (Å²) in [6.45, 7) is 1.81. The summed E-state index contributed by atoms with van der Waals surface area (Å²) in [5.74, 6) is -0.196. The van der Waals surface area contributed by atoms with Crippen molar-refractivity contribution in [3.8, 4) is 0 Å². The quantitative estimate of drug-likeness (QED) is 0.637. The van der Waals surface area contributed by atoms with Crippen molar-refractivity contribution in [2.75, 3.05) is 26.3 Å². The minimum Gasteiger partial charge on any atom is -0.480 e. The van der Waals surface area contributed by atoms with Crippen LogP contribution in [0.25, 0.3) is 0 Å². The Bertz CT molecular complexity index is 352. The molecule has 2 rings (SSSR count). The highest BCUT2D eigenvalue weighted by Gasteiger charge is 2.28. The molecule has 2 aliphatic carbocycles. The fourth-order valence-electron chi connectivity index (χ4n) is 2.73. The molecule has 2 amide bonds. The van der Waals surface area contributed by atoms with Crippen LogP contribution in [0.2, 0.25) is 0 Å². The molecule has 2 aliphatic rings. The number of carbonyl (C=O) groups excluding carboxylic acids is 1. The molecule has 2 fully saturated rings. The third-order valence-corrected chi connectivity index (χ3v) is 4.12. The van der Waals surface area contributed by atoms with Crippen LogP contribution in [-0.2, 0) is 9.53 Å². The Labute approximate surface area is 125 Å². The molecule has 120 valence electrons. The minimum atomic E-state index is -0.954. The first-order valence-electron chi connectivity index (χ1n) is 8.01. The Hall–Kier alpha value is -1.30. The van der Waals surface area contributed by atoms with Gasteiger partial charge in [0.2, 0.25) is 0 Å². The predicted octanol–water partition coefficient (Wildman–Crippen LogP) is 1.84. The number of carbonyl (C=O) groups is 2. The first kappa shape index (κ1) is 16.1. The second kappa shape index (κ2) is 8.22. The molecule has 0 aliphatic heterocycles. The fourth-order valence-corrected chi connectivity index (χ4v) is 2.73. The number of aliphatic carboxylic acids is 1. The highest BCUT2D eigenvalue weighted by atomic mass is 16.5. The van der Waals surface area contributed by atoms with Crippen LogP contribution in [0.15, 0.2) is 0 Å². The Kier molecular flexibility index (Phi) is 6.29.